The van der Waals surface area contributed by atoms with E-state index in [0.29, 0.717) is 12.4 Å². The summed E-state index contributed by atoms with van der Waals surface area (Å²) >= 11 is 0. The van der Waals surface area contributed by atoms with Gasteiger partial charge in [0.25, 0.3) is 0 Å². The molecule has 1 aromatic rings. The van der Waals surface area contributed by atoms with Crippen molar-refractivity contribution in [2.24, 2.45) is 7.05 Å². The third-order valence-electron chi connectivity index (χ3n) is 2.19. The van der Waals surface area contributed by atoms with Crippen LogP contribution in [0.4, 0.5) is 5.69 Å². The van der Waals surface area contributed by atoms with Crippen molar-refractivity contribution in [2.75, 3.05) is 6.61 Å². The van der Waals surface area contributed by atoms with Crippen molar-refractivity contribution in [2.45, 2.75) is 13.8 Å². The Hall–Kier alpha value is -2.18. The van der Waals surface area contributed by atoms with Crippen molar-refractivity contribution < 1.29 is 9.66 Å². The van der Waals surface area contributed by atoms with Crippen LogP contribution in [0.25, 0.3) is 6.08 Å². The molecule has 92 valence electrons. The van der Waals surface area contributed by atoms with Crippen LogP contribution in [0.1, 0.15) is 18.4 Å². The number of ether oxygens (including phenoxy) is 1. The Kier molecular flexibility index (Phi) is 3.97. The van der Waals surface area contributed by atoms with E-state index in [1.165, 1.54) is 19.4 Å². The van der Waals surface area contributed by atoms with Gasteiger partial charge in [0.05, 0.1) is 17.8 Å². The maximum Gasteiger partial charge on any atom is 0.359 e. The highest BCUT2D eigenvalue weighted by Gasteiger charge is 2.21. The highest BCUT2D eigenvalue weighted by Crippen LogP contribution is 2.12. The highest BCUT2D eigenvalue weighted by atomic mass is 16.6. The van der Waals surface area contributed by atoms with Crippen LogP contribution in [0.3, 0.4) is 0 Å². The summed E-state index contributed by atoms with van der Waals surface area (Å²) in [6.45, 7) is 3.82. The minimum atomic E-state index is -0.736. The zero-order valence-corrected chi connectivity index (χ0v) is 9.84. The average Bonchev–Trinajstić information content (AvgIpc) is 2.26. The molecule has 0 N–H and O–H groups in total. The maximum absolute atomic E-state index is 11.7. The predicted octanol–water partition coefficient (Wildman–Crippen LogP) is 1.00. The summed E-state index contributed by atoms with van der Waals surface area (Å²) in [6.07, 6.45) is 2.60. The lowest BCUT2D eigenvalue weighted by molar-refractivity contribution is -0.387. The van der Waals surface area contributed by atoms with Crippen LogP contribution < -0.4 is 5.56 Å². The van der Waals surface area contributed by atoms with E-state index in [0.717, 1.165) is 4.57 Å². The van der Waals surface area contributed by atoms with Crippen LogP contribution in [0, 0.1) is 17.0 Å². The Balaban J connectivity index is 3.38. The molecule has 1 rings (SSSR count). The molecule has 7 nitrogen and oxygen atoms in total. The van der Waals surface area contributed by atoms with Crippen LogP contribution >= 0.6 is 0 Å². The van der Waals surface area contributed by atoms with Gasteiger partial charge in [0.2, 0.25) is 0 Å². The van der Waals surface area contributed by atoms with E-state index in [1.54, 1.807) is 13.8 Å². The monoisotopic (exact) mass is 239 g/mol. The molecular formula is C10H13N3O4. The Morgan fingerprint density at radius 3 is 2.76 bits per heavy atom. The smallest absolute Gasteiger partial charge is 0.359 e. The molecule has 0 unspecified atom stereocenters. The van der Waals surface area contributed by atoms with E-state index in [9.17, 15) is 14.9 Å². The Labute approximate surface area is 97.5 Å². The first-order valence-electron chi connectivity index (χ1n) is 4.99. The Morgan fingerprint density at radius 1 is 1.59 bits per heavy atom. The van der Waals surface area contributed by atoms with Gasteiger partial charge < -0.3 is 4.74 Å². The average molecular weight is 239 g/mol. The van der Waals surface area contributed by atoms with Gasteiger partial charge in [0, 0.05) is 13.1 Å². The third-order valence-corrected chi connectivity index (χ3v) is 2.19. The molecule has 0 bridgehead atoms. The molecule has 0 spiro atoms. The van der Waals surface area contributed by atoms with Crippen molar-refractivity contribution in [3.63, 3.8) is 0 Å². The molecule has 0 saturated heterocycles. The molecular weight excluding hydrogens is 226 g/mol. The number of nitrogens with zero attached hydrogens (tertiary/aromatic N) is 3. The molecule has 0 saturated carbocycles. The van der Waals surface area contributed by atoms with Gasteiger partial charge in [-0.05, 0) is 13.8 Å². The fraction of sp³-hybridized carbons (Fsp3) is 0.400. The van der Waals surface area contributed by atoms with Gasteiger partial charge in [-0.15, -0.1) is 0 Å². The van der Waals surface area contributed by atoms with E-state index < -0.39 is 16.2 Å². The molecule has 17 heavy (non-hydrogen) atoms. The lowest BCUT2D eigenvalue weighted by atomic mass is 10.3. The maximum atomic E-state index is 11.7. The van der Waals surface area contributed by atoms with Crippen molar-refractivity contribution in [3.05, 3.63) is 38.2 Å². The number of aryl methyl sites for hydroxylation is 1. The predicted molar refractivity (Wildman–Crippen MR) is 61.5 cm³/mol. The normalized spacial score (nSPS) is 10.8. The van der Waals surface area contributed by atoms with Crippen LogP contribution in [-0.2, 0) is 11.8 Å². The van der Waals surface area contributed by atoms with Crippen molar-refractivity contribution in [1.29, 1.82) is 0 Å². The second-order valence-corrected chi connectivity index (χ2v) is 3.27. The molecule has 0 aliphatic heterocycles. The molecule has 0 fully saturated rings. The zero-order chi connectivity index (χ0) is 13.0. The van der Waals surface area contributed by atoms with Gasteiger partial charge in [-0.2, -0.15) is 0 Å². The molecule has 0 radical (unpaired) electrons. The van der Waals surface area contributed by atoms with E-state index in [4.69, 9.17) is 4.74 Å². The summed E-state index contributed by atoms with van der Waals surface area (Å²) in [7, 11) is 1.44. The number of rotatable bonds is 4. The molecule has 0 atom stereocenters. The largest absolute Gasteiger partial charge is 0.501 e. The molecule has 0 aliphatic carbocycles. The van der Waals surface area contributed by atoms with Crippen LogP contribution in [0.5, 0.6) is 0 Å². The third kappa shape index (κ3) is 2.68. The zero-order valence-electron chi connectivity index (χ0n) is 9.84. The molecule has 7 heteroatoms. The summed E-state index contributed by atoms with van der Waals surface area (Å²) in [4.78, 5) is 25.8. The first kappa shape index (κ1) is 12.9. The molecule has 0 aromatic carbocycles. The van der Waals surface area contributed by atoms with Crippen LogP contribution in [-0.4, -0.2) is 21.1 Å². The summed E-state index contributed by atoms with van der Waals surface area (Å²) in [6, 6.07) is 0. The van der Waals surface area contributed by atoms with Crippen molar-refractivity contribution in [3.8, 4) is 0 Å². The first-order chi connectivity index (χ1) is 7.99. The summed E-state index contributed by atoms with van der Waals surface area (Å²) in [5.41, 5.74) is -1.23. The number of aromatic nitrogens is 2. The summed E-state index contributed by atoms with van der Waals surface area (Å²) in [5.74, 6) is 0.400. The lowest BCUT2D eigenvalue weighted by Gasteiger charge is -2.04. The fourth-order valence-corrected chi connectivity index (χ4v) is 1.21. The van der Waals surface area contributed by atoms with E-state index in [-0.39, 0.29) is 5.69 Å². The molecule has 1 heterocycles. The van der Waals surface area contributed by atoms with Crippen LogP contribution in [0.2, 0.25) is 0 Å². The molecule has 0 aliphatic rings. The minimum Gasteiger partial charge on any atom is -0.501 e. The Morgan fingerprint density at radius 2 is 2.24 bits per heavy atom. The van der Waals surface area contributed by atoms with E-state index >= 15 is 0 Å². The number of hydrogen-bond donors (Lipinski definition) is 0. The quantitative estimate of drug-likeness (QED) is 0.444. The van der Waals surface area contributed by atoms with Crippen molar-refractivity contribution in [1.82, 2.24) is 9.55 Å². The highest BCUT2D eigenvalue weighted by molar-refractivity contribution is 5.55. The van der Waals surface area contributed by atoms with Crippen molar-refractivity contribution >= 4 is 11.8 Å². The number of nitro groups is 1. The molecule has 0 amide bonds. The van der Waals surface area contributed by atoms with Gasteiger partial charge in [0.1, 0.15) is 5.82 Å². The Bertz CT molecular complexity index is 519. The fourth-order valence-electron chi connectivity index (χ4n) is 1.21. The second kappa shape index (κ2) is 5.24. The molecule has 1 aromatic heterocycles. The van der Waals surface area contributed by atoms with Gasteiger partial charge in [0.15, 0.2) is 5.69 Å². The lowest BCUT2D eigenvalue weighted by Crippen LogP contribution is -2.24. The summed E-state index contributed by atoms with van der Waals surface area (Å²) in [5, 5.41) is 10.8. The second-order valence-electron chi connectivity index (χ2n) is 3.27. The summed E-state index contributed by atoms with van der Waals surface area (Å²) < 4.78 is 6.07. The minimum absolute atomic E-state index is 0.00375. The SMILES string of the molecule is CCO/C=C/c1nc(C)n(C)c(=O)c1[N+](=O)[O-]. The first-order valence-corrected chi connectivity index (χ1v) is 4.99. The van der Waals surface area contributed by atoms with E-state index in [2.05, 4.69) is 4.98 Å². The topological polar surface area (TPSA) is 87.3 Å². The van der Waals surface area contributed by atoms with Crippen LogP contribution in [0.15, 0.2) is 11.1 Å². The van der Waals surface area contributed by atoms with Gasteiger partial charge in [-0.1, -0.05) is 0 Å². The van der Waals surface area contributed by atoms with Gasteiger partial charge in [-0.25, -0.2) is 4.98 Å². The standard InChI is InChI=1S/C10H13N3O4/c1-4-17-6-5-8-9(13(15)16)10(14)12(3)7(2)11-8/h5-6H,4H2,1-3H3/b6-5+. The number of hydrogen-bond acceptors (Lipinski definition) is 5. The van der Waals surface area contributed by atoms with Gasteiger partial charge >= 0.3 is 11.2 Å². The van der Waals surface area contributed by atoms with E-state index in [1.807, 2.05) is 0 Å². The van der Waals surface area contributed by atoms with Gasteiger partial charge in [-0.3, -0.25) is 19.5 Å².